The van der Waals surface area contributed by atoms with Crippen LogP contribution in [0.1, 0.15) is 11.1 Å². The molecular weight excluding hydrogens is 414 g/mol. The third kappa shape index (κ3) is 3.28. The SMILES string of the molecule is N#Cc1c(-c2ccc3c(c2)OCCO3)csc1OCc1ccccc1Br. The summed E-state index contributed by atoms with van der Waals surface area (Å²) in [6.07, 6.45) is 0. The molecule has 3 aromatic rings. The fourth-order valence-electron chi connectivity index (χ4n) is 2.73. The summed E-state index contributed by atoms with van der Waals surface area (Å²) >= 11 is 4.94. The van der Waals surface area contributed by atoms with Crippen LogP contribution in [0.15, 0.2) is 52.3 Å². The number of nitrogens with zero attached hydrogens (tertiary/aromatic N) is 1. The molecular formula is C20H14BrNO3S. The number of hydrogen-bond acceptors (Lipinski definition) is 5. The molecule has 0 fully saturated rings. The number of fused-ring (bicyclic) bond motifs is 1. The van der Waals surface area contributed by atoms with Crippen molar-refractivity contribution in [2.75, 3.05) is 13.2 Å². The minimum absolute atomic E-state index is 0.400. The Kier molecular flexibility index (Phi) is 4.83. The molecule has 2 heterocycles. The van der Waals surface area contributed by atoms with Gasteiger partial charge in [-0.1, -0.05) is 40.2 Å². The predicted octanol–water partition coefficient (Wildman–Crippen LogP) is 5.40. The van der Waals surface area contributed by atoms with Crippen molar-refractivity contribution in [2.24, 2.45) is 0 Å². The normalized spacial score (nSPS) is 12.5. The average Bonchev–Trinajstić information content (AvgIpc) is 3.10. The summed E-state index contributed by atoms with van der Waals surface area (Å²) in [4.78, 5) is 0. The van der Waals surface area contributed by atoms with Crippen molar-refractivity contribution < 1.29 is 14.2 Å². The van der Waals surface area contributed by atoms with E-state index in [1.165, 1.54) is 11.3 Å². The molecule has 1 aliphatic heterocycles. The largest absolute Gasteiger partial charge is 0.486 e. The first-order valence-corrected chi connectivity index (χ1v) is 9.71. The van der Waals surface area contributed by atoms with Crippen LogP contribution in [-0.2, 0) is 6.61 Å². The van der Waals surface area contributed by atoms with Gasteiger partial charge < -0.3 is 14.2 Å². The van der Waals surface area contributed by atoms with Gasteiger partial charge in [0.1, 0.15) is 31.5 Å². The maximum atomic E-state index is 9.65. The van der Waals surface area contributed by atoms with Crippen LogP contribution in [0.5, 0.6) is 16.6 Å². The zero-order valence-corrected chi connectivity index (χ0v) is 16.1. The van der Waals surface area contributed by atoms with Crippen molar-refractivity contribution in [3.63, 3.8) is 0 Å². The molecule has 0 unspecified atom stereocenters. The summed E-state index contributed by atoms with van der Waals surface area (Å²) < 4.78 is 18.1. The summed E-state index contributed by atoms with van der Waals surface area (Å²) in [5.41, 5.74) is 3.33. The maximum Gasteiger partial charge on any atom is 0.192 e. The molecule has 0 bridgehead atoms. The van der Waals surface area contributed by atoms with E-state index < -0.39 is 0 Å². The third-order valence-electron chi connectivity index (χ3n) is 4.04. The van der Waals surface area contributed by atoms with Gasteiger partial charge in [-0.25, -0.2) is 0 Å². The molecule has 130 valence electrons. The number of ether oxygens (including phenoxy) is 3. The highest BCUT2D eigenvalue weighted by Gasteiger charge is 2.18. The lowest BCUT2D eigenvalue weighted by Crippen LogP contribution is -2.15. The molecule has 0 spiro atoms. The van der Waals surface area contributed by atoms with Crippen LogP contribution < -0.4 is 14.2 Å². The van der Waals surface area contributed by atoms with Gasteiger partial charge in [0.2, 0.25) is 0 Å². The van der Waals surface area contributed by atoms with Crippen molar-refractivity contribution in [3.8, 4) is 33.8 Å². The molecule has 0 aliphatic carbocycles. The lowest BCUT2D eigenvalue weighted by Gasteiger charge is -2.18. The lowest BCUT2D eigenvalue weighted by molar-refractivity contribution is 0.171. The molecule has 0 saturated heterocycles. The van der Waals surface area contributed by atoms with Crippen LogP contribution in [0, 0.1) is 11.3 Å². The van der Waals surface area contributed by atoms with Crippen LogP contribution in [0.4, 0.5) is 0 Å². The second-order valence-corrected chi connectivity index (χ2v) is 7.36. The van der Waals surface area contributed by atoms with Crippen LogP contribution in [0.3, 0.4) is 0 Å². The monoisotopic (exact) mass is 427 g/mol. The van der Waals surface area contributed by atoms with Crippen LogP contribution in [-0.4, -0.2) is 13.2 Å². The van der Waals surface area contributed by atoms with Gasteiger partial charge in [0.25, 0.3) is 0 Å². The summed E-state index contributed by atoms with van der Waals surface area (Å²) in [7, 11) is 0. The Bertz CT molecular complexity index is 993. The third-order valence-corrected chi connectivity index (χ3v) is 5.70. The minimum Gasteiger partial charge on any atom is -0.486 e. The molecule has 0 atom stereocenters. The maximum absolute atomic E-state index is 9.65. The Morgan fingerprint density at radius 3 is 2.73 bits per heavy atom. The molecule has 6 heteroatoms. The van der Waals surface area contributed by atoms with Gasteiger partial charge in [-0.3, -0.25) is 0 Å². The van der Waals surface area contributed by atoms with E-state index in [0.29, 0.717) is 36.2 Å². The Hall–Kier alpha value is -2.49. The zero-order chi connectivity index (χ0) is 17.9. The number of thiophene rings is 1. The molecule has 4 rings (SSSR count). The molecule has 4 nitrogen and oxygen atoms in total. The summed E-state index contributed by atoms with van der Waals surface area (Å²) in [5, 5.41) is 12.2. The smallest absolute Gasteiger partial charge is 0.192 e. The van der Waals surface area contributed by atoms with Crippen molar-refractivity contribution >= 4 is 27.3 Å². The van der Waals surface area contributed by atoms with Crippen LogP contribution in [0.25, 0.3) is 11.1 Å². The predicted molar refractivity (Wildman–Crippen MR) is 104 cm³/mol. The van der Waals surface area contributed by atoms with Crippen molar-refractivity contribution in [1.29, 1.82) is 5.26 Å². The van der Waals surface area contributed by atoms with Gasteiger partial charge >= 0.3 is 0 Å². The molecule has 26 heavy (non-hydrogen) atoms. The Morgan fingerprint density at radius 1 is 1.12 bits per heavy atom. The summed E-state index contributed by atoms with van der Waals surface area (Å²) in [6.45, 7) is 1.49. The van der Waals surface area contributed by atoms with Gasteiger partial charge in [0.05, 0.1) is 0 Å². The highest BCUT2D eigenvalue weighted by molar-refractivity contribution is 9.10. The fraction of sp³-hybridized carbons (Fsp3) is 0.150. The second kappa shape index (κ2) is 7.40. The number of nitriles is 1. The van der Waals surface area contributed by atoms with E-state index in [0.717, 1.165) is 26.9 Å². The quantitative estimate of drug-likeness (QED) is 0.559. The van der Waals surface area contributed by atoms with Gasteiger partial charge in [0.15, 0.2) is 16.6 Å². The minimum atomic E-state index is 0.400. The van der Waals surface area contributed by atoms with Crippen LogP contribution >= 0.6 is 27.3 Å². The topological polar surface area (TPSA) is 51.5 Å². The molecule has 0 saturated carbocycles. The van der Waals surface area contributed by atoms with Crippen molar-refractivity contribution in [3.05, 3.63) is 63.4 Å². The van der Waals surface area contributed by atoms with Crippen molar-refractivity contribution in [2.45, 2.75) is 6.61 Å². The van der Waals surface area contributed by atoms with E-state index in [-0.39, 0.29) is 0 Å². The highest BCUT2D eigenvalue weighted by Crippen LogP contribution is 2.41. The zero-order valence-electron chi connectivity index (χ0n) is 13.7. The Balaban J connectivity index is 1.61. The number of benzene rings is 2. The Morgan fingerprint density at radius 2 is 1.92 bits per heavy atom. The second-order valence-electron chi connectivity index (χ2n) is 5.66. The molecule has 0 N–H and O–H groups in total. The number of hydrogen-bond donors (Lipinski definition) is 0. The molecule has 2 aromatic carbocycles. The molecule has 1 aromatic heterocycles. The average molecular weight is 428 g/mol. The first kappa shape index (κ1) is 17.0. The standard InChI is InChI=1S/C20H14BrNO3S/c21-17-4-2-1-3-14(17)11-25-20-15(10-22)16(12-26-20)13-5-6-18-19(9-13)24-8-7-23-18/h1-6,9,12H,7-8,11H2. The van der Waals surface area contributed by atoms with Crippen LogP contribution in [0.2, 0.25) is 0 Å². The molecule has 0 radical (unpaired) electrons. The van der Waals surface area contributed by atoms with Gasteiger partial charge in [-0.05, 0) is 23.8 Å². The van der Waals surface area contributed by atoms with E-state index in [9.17, 15) is 5.26 Å². The molecule has 0 amide bonds. The fourth-order valence-corrected chi connectivity index (χ4v) is 4.01. The number of rotatable bonds is 4. The van der Waals surface area contributed by atoms with Gasteiger partial charge in [-0.15, -0.1) is 11.3 Å². The van der Waals surface area contributed by atoms with E-state index in [4.69, 9.17) is 14.2 Å². The number of halogens is 1. The highest BCUT2D eigenvalue weighted by atomic mass is 79.9. The van der Waals surface area contributed by atoms with E-state index in [1.54, 1.807) is 0 Å². The van der Waals surface area contributed by atoms with Gasteiger partial charge in [0, 0.05) is 21.0 Å². The van der Waals surface area contributed by atoms with Gasteiger partial charge in [-0.2, -0.15) is 5.26 Å². The lowest BCUT2D eigenvalue weighted by atomic mass is 10.0. The Labute approximate surface area is 163 Å². The van der Waals surface area contributed by atoms with E-state index >= 15 is 0 Å². The first-order valence-electron chi connectivity index (χ1n) is 8.04. The van der Waals surface area contributed by atoms with E-state index in [2.05, 4.69) is 22.0 Å². The van der Waals surface area contributed by atoms with E-state index in [1.807, 2.05) is 47.8 Å². The van der Waals surface area contributed by atoms with Crippen molar-refractivity contribution in [1.82, 2.24) is 0 Å². The molecule has 1 aliphatic rings. The summed E-state index contributed by atoms with van der Waals surface area (Å²) in [6, 6.07) is 15.9. The first-order chi connectivity index (χ1) is 12.8. The summed E-state index contributed by atoms with van der Waals surface area (Å²) in [5.74, 6) is 1.44.